The van der Waals surface area contributed by atoms with E-state index in [0.29, 0.717) is 19.4 Å². The van der Waals surface area contributed by atoms with E-state index in [0.717, 1.165) is 16.7 Å². The molecule has 3 nitrogen and oxygen atoms in total. The number of esters is 1. The monoisotopic (exact) mass is 270 g/mol. The molecule has 0 saturated carbocycles. The fraction of sp³-hybridized carbons (Fsp3) is 0.235. The highest BCUT2D eigenvalue weighted by atomic mass is 16.5. The summed E-state index contributed by atoms with van der Waals surface area (Å²) >= 11 is 0. The average molecular weight is 270 g/mol. The summed E-state index contributed by atoms with van der Waals surface area (Å²) in [6.45, 7) is 2.16. The molecule has 20 heavy (non-hydrogen) atoms. The molecule has 0 atom stereocenters. The van der Waals surface area contributed by atoms with Crippen molar-refractivity contribution < 1.29 is 14.6 Å². The van der Waals surface area contributed by atoms with Gasteiger partial charge in [0.2, 0.25) is 0 Å². The number of para-hydroxylation sites is 1. The molecule has 2 rings (SSSR count). The minimum atomic E-state index is -0.179. The van der Waals surface area contributed by atoms with Crippen LogP contribution in [0.15, 0.2) is 48.5 Å². The van der Waals surface area contributed by atoms with Crippen LogP contribution >= 0.6 is 0 Å². The number of phenols is 1. The van der Waals surface area contributed by atoms with E-state index in [1.54, 1.807) is 19.1 Å². The Balaban J connectivity index is 2.09. The normalized spacial score (nSPS) is 10.2. The van der Waals surface area contributed by atoms with Gasteiger partial charge in [-0.25, -0.2) is 0 Å². The van der Waals surface area contributed by atoms with Crippen LogP contribution < -0.4 is 0 Å². The van der Waals surface area contributed by atoms with Crippen molar-refractivity contribution in [2.45, 2.75) is 19.8 Å². The van der Waals surface area contributed by atoms with E-state index < -0.39 is 0 Å². The molecule has 0 bridgehead atoms. The highest BCUT2D eigenvalue weighted by Crippen LogP contribution is 2.29. The van der Waals surface area contributed by atoms with Gasteiger partial charge in [0.05, 0.1) is 6.61 Å². The second-order valence-corrected chi connectivity index (χ2v) is 4.54. The Bertz CT molecular complexity index is 590. The maximum absolute atomic E-state index is 11.1. The Morgan fingerprint density at radius 2 is 1.95 bits per heavy atom. The second-order valence-electron chi connectivity index (χ2n) is 4.54. The number of aromatic hydroxyl groups is 1. The van der Waals surface area contributed by atoms with Crippen LogP contribution in [0.3, 0.4) is 0 Å². The van der Waals surface area contributed by atoms with Gasteiger partial charge in [-0.2, -0.15) is 0 Å². The van der Waals surface area contributed by atoms with Crippen LogP contribution in [0.4, 0.5) is 0 Å². The molecule has 3 heteroatoms. The Morgan fingerprint density at radius 1 is 1.15 bits per heavy atom. The molecule has 0 amide bonds. The largest absolute Gasteiger partial charge is 0.507 e. The zero-order chi connectivity index (χ0) is 14.4. The van der Waals surface area contributed by atoms with Gasteiger partial charge in [-0.1, -0.05) is 49.4 Å². The van der Waals surface area contributed by atoms with Gasteiger partial charge in [0.1, 0.15) is 5.75 Å². The van der Waals surface area contributed by atoms with Crippen LogP contribution in [0.2, 0.25) is 0 Å². The molecule has 1 N–H and O–H groups in total. The predicted molar refractivity (Wildman–Crippen MR) is 78.5 cm³/mol. The van der Waals surface area contributed by atoms with Crippen LogP contribution in [0, 0.1) is 0 Å². The summed E-state index contributed by atoms with van der Waals surface area (Å²) in [5, 5.41) is 9.87. The van der Waals surface area contributed by atoms with E-state index in [1.165, 1.54) is 0 Å². The maximum Gasteiger partial charge on any atom is 0.305 e. The standard InChI is InChI=1S/C17H18O3/c1-2-17(19)20-11-10-13-6-5-7-14(12-13)15-8-3-4-9-16(15)18/h3-9,12,18H,2,10-11H2,1H3. The molecule has 0 radical (unpaired) electrons. The van der Waals surface area contributed by atoms with Crippen molar-refractivity contribution in [2.24, 2.45) is 0 Å². The predicted octanol–water partition coefficient (Wildman–Crippen LogP) is 3.55. The molecule has 0 aromatic heterocycles. The third kappa shape index (κ3) is 3.60. The summed E-state index contributed by atoms with van der Waals surface area (Å²) in [4.78, 5) is 11.1. The van der Waals surface area contributed by atoms with Crippen LogP contribution in [-0.2, 0) is 16.0 Å². The zero-order valence-electron chi connectivity index (χ0n) is 11.5. The number of phenolic OH excluding ortho intramolecular Hbond substituents is 1. The van der Waals surface area contributed by atoms with Crippen molar-refractivity contribution in [1.29, 1.82) is 0 Å². The van der Waals surface area contributed by atoms with Gasteiger partial charge in [-0.3, -0.25) is 4.79 Å². The quantitative estimate of drug-likeness (QED) is 0.845. The Morgan fingerprint density at radius 3 is 2.70 bits per heavy atom. The smallest absolute Gasteiger partial charge is 0.305 e. The molecule has 2 aromatic rings. The van der Waals surface area contributed by atoms with Crippen LogP contribution in [-0.4, -0.2) is 17.7 Å². The lowest BCUT2D eigenvalue weighted by molar-refractivity contribution is -0.143. The van der Waals surface area contributed by atoms with Crippen LogP contribution in [0.1, 0.15) is 18.9 Å². The molecule has 0 aliphatic carbocycles. The Labute approximate surface area is 118 Å². The van der Waals surface area contributed by atoms with Gasteiger partial charge >= 0.3 is 5.97 Å². The first kappa shape index (κ1) is 14.1. The lowest BCUT2D eigenvalue weighted by atomic mass is 10.0. The summed E-state index contributed by atoms with van der Waals surface area (Å²) in [6, 6.07) is 15.1. The topological polar surface area (TPSA) is 46.5 Å². The third-order valence-electron chi connectivity index (χ3n) is 3.08. The number of hydrogen-bond donors (Lipinski definition) is 1. The fourth-order valence-corrected chi connectivity index (χ4v) is 2.00. The molecule has 0 heterocycles. The van der Waals surface area contributed by atoms with Crippen molar-refractivity contribution in [3.63, 3.8) is 0 Å². The van der Waals surface area contributed by atoms with Gasteiger partial charge in [-0.15, -0.1) is 0 Å². The minimum Gasteiger partial charge on any atom is -0.507 e. The third-order valence-corrected chi connectivity index (χ3v) is 3.08. The number of rotatable bonds is 5. The van der Waals surface area contributed by atoms with Gasteiger partial charge < -0.3 is 9.84 Å². The summed E-state index contributed by atoms with van der Waals surface area (Å²) in [5.74, 6) is 0.0870. The molecule has 0 saturated heterocycles. The number of ether oxygens (including phenoxy) is 1. The SMILES string of the molecule is CCC(=O)OCCc1cccc(-c2ccccc2O)c1. The molecule has 2 aromatic carbocycles. The van der Waals surface area contributed by atoms with E-state index >= 15 is 0 Å². The lowest BCUT2D eigenvalue weighted by Crippen LogP contribution is -2.05. The van der Waals surface area contributed by atoms with Gasteiger partial charge in [0.25, 0.3) is 0 Å². The van der Waals surface area contributed by atoms with E-state index in [9.17, 15) is 9.90 Å². The highest BCUT2D eigenvalue weighted by Gasteiger charge is 2.04. The van der Waals surface area contributed by atoms with Gasteiger partial charge in [0, 0.05) is 18.4 Å². The van der Waals surface area contributed by atoms with Crippen molar-refractivity contribution in [1.82, 2.24) is 0 Å². The first-order valence-electron chi connectivity index (χ1n) is 6.73. The molecular weight excluding hydrogens is 252 g/mol. The van der Waals surface area contributed by atoms with Crippen molar-refractivity contribution in [3.05, 3.63) is 54.1 Å². The van der Waals surface area contributed by atoms with E-state index in [-0.39, 0.29) is 11.7 Å². The molecule has 0 spiro atoms. The summed E-state index contributed by atoms with van der Waals surface area (Å²) in [5.41, 5.74) is 2.84. The summed E-state index contributed by atoms with van der Waals surface area (Å²) in [7, 11) is 0. The molecular formula is C17H18O3. The van der Waals surface area contributed by atoms with Gasteiger partial charge in [0.15, 0.2) is 0 Å². The first-order valence-corrected chi connectivity index (χ1v) is 6.73. The van der Waals surface area contributed by atoms with Crippen molar-refractivity contribution in [2.75, 3.05) is 6.61 Å². The molecule has 0 aliphatic heterocycles. The van der Waals surface area contributed by atoms with E-state index in [2.05, 4.69) is 0 Å². The molecule has 0 aliphatic rings. The maximum atomic E-state index is 11.1. The molecule has 104 valence electrons. The number of hydrogen-bond acceptors (Lipinski definition) is 3. The highest BCUT2D eigenvalue weighted by molar-refractivity contribution is 5.70. The van der Waals surface area contributed by atoms with Gasteiger partial charge in [-0.05, 0) is 17.2 Å². The van der Waals surface area contributed by atoms with Crippen molar-refractivity contribution in [3.8, 4) is 16.9 Å². The average Bonchev–Trinajstić information content (AvgIpc) is 2.48. The minimum absolute atomic E-state index is 0.179. The second kappa shape index (κ2) is 6.75. The lowest BCUT2D eigenvalue weighted by Gasteiger charge is -2.08. The van der Waals surface area contributed by atoms with E-state index in [4.69, 9.17) is 4.74 Å². The Kier molecular flexibility index (Phi) is 4.77. The van der Waals surface area contributed by atoms with E-state index in [1.807, 2.05) is 36.4 Å². The fourth-order valence-electron chi connectivity index (χ4n) is 2.00. The molecule has 0 fully saturated rings. The number of carbonyl (C=O) groups is 1. The molecule has 0 unspecified atom stereocenters. The van der Waals surface area contributed by atoms with Crippen LogP contribution in [0.5, 0.6) is 5.75 Å². The first-order chi connectivity index (χ1) is 9.70. The Hall–Kier alpha value is -2.29. The number of benzene rings is 2. The van der Waals surface area contributed by atoms with Crippen molar-refractivity contribution >= 4 is 5.97 Å². The summed E-state index contributed by atoms with van der Waals surface area (Å²) in [6.07, 6.45) is 1.07. The number of carbonyl (C=O) groups excluding carboxylic acids is 1. The van der Waals surface area contributed by atoms with Crippen LogP contribution in [0.25, 0.3) is 11.1 Å². The zero-order valence-corrected chi connectivity index (χ0v) is 11.5. The summed E-state index contributed by atoms with van der Waals surface area (Å²) < 4.78 is 5.08.